The summed E-state index contributed by atoms with van der Waals surface area (Å²) >= 11 is 7.99. The lowest BCUT2D eigenvalue weighted by atomic mass is 9.89. The van der Waals surface area contributed by atoms with Gasteiger partial charge in [-0.05, 0) is 31.4 Å². The van der Waals surface area contributed by atoms with Crippen LogP contribution >= 0.6 is 23.4 Å². The number of rotatable bonds is 2. The van der Waals surface area contributed by atoms with Gasteiger partial charge in [-0.1, -0.05) is 41.6 Å². The van der Waals surface area contributed by atoms with Gasteiger partial charge in [0.15, 0.2) is 4.93 Å². The van der Waals surface area contributed by atoms with Gasteiger partial charge in [-0.15, -0.1) is 11.6 Å². The zero-order valence-corrected chi connectivity index (χ0v) is 12.7. The number of allylic oxidation sites excluding steroid dienone is 1. The molecule has 2 fully saturated rings. The minimum Gasteiger partial charge on any atom is -0.445 e. The molecule has 1 aromatic rings. The molecule has 4 heteroatoms. The normalized spacial score (nSPS) is 41.0. The van der Waals surface area contributed by atoms with Gasteiger partial charge in [-0.2, -0.15) is 0 Å². The van der Waals surface area contributed by atoms with Crippen molar-refractivity contribution < 1.29 is 9.53 Å². The first-order valence-corrected chi connectivity index (χ1v) is 8.16. The van der Waals surface area contributed by atoms with Crippen molar-refractivity contribution in [3.05, 3.63) is 42.0 Å². The molecule has 0 spiro atoms. The average molecular weight is 307 g/mol. The highest BCUT2D eigenvalue weighted by Gasteiger charge is 2.67. The van der Waals surface area contributed by atoms with Crippen molar-refractivity contribution in [2.24, 2.45) is 17.8 Å². The smallest absolute Gasteiger partial charge is 0.325 e. The van der Waals surface area contributed by atoms with Gasteiger partial charge in [-0.25, -0.2) is 0 Å². The van der Waals surface area contributed by atoms with Gasteiger partial charge in [0.1, 0.15) is 5.38 Å². The van der Waals surface area contributed by atoms with E-state index in [-0.39, 0.29) is 17.8 Å². The summed E-state index contributed by atoms with van der Waals surface area (Å²) in [6.07, 6.45) is 5.46. The molecule has 1 aromatic carbocycles. The molecule has 0 aromatic heterocycles. The molecule has 1 aliphatic heterocycles. The minimum absolute atomic E-state index is 0.0953. The van der Waals surface area contributed by atoms with Gasteiger partial charge >= 0.3 is 5.97 Å². The number of fused-ring (bicyclic) bond motifs is 5. The predicted octanol–water partition coefficient (Wildman–Crippen LogP) is 3.77. The van der Waals surface area contributed by atoms with E-state index in [2.05, 4.69) is 43.3 Å². The molecule has 5 atom stereocenters. The first kappa shape index (κ1) is 12.8. The quantitative estimate of drug-likeness (QED) is 0.473. The summed E-state index contributed by atoms with van der Waals surface area (Å²) in [5, 5.41) is -0.507. The van der Waals surface area contributed by atoms with Crippen molar-refractivity contribution in [2.75, 3.05) is 0 Å². The van der Waals surface area contributed by atoms with E-state index in [9.17, 15) is 4.79 Å². The van der Waals surface area contributed by atoms with Gasteiger partial charge in [0.2, 0.25) is 0 Å². The van der Waals surface area contributed by atoms with Crippen LogP contribution in [0.4, 0.5) is 0 Å². The first-order valence-electron chi connectivity index (χ1n) is 6.91. The zero-order valence-electron chi connectivity index (χ0n) is 11.1. The van der Waals surface area contributed by atoms with Crippen molar-refractivity contribution in [2.45, 2.75) is 28.6 Å². The lowest BCUT2D eigenvalue weighted by molar-refractivity contribution is -0.144. The Balaban J connectivity index is 1.72. The number of benzene rings is 1. The molecule has 2 nitrogen and oxygen atoms in total. The Hall–Kier alpha value is -0.930. The van der Waals surface area contributed by atoms with Gasteiger partial charge < -0.3 is 4.74 Å². The van der Waals surface area contributed by atoms with Gasteiger partial charge in [0.25, 0.3) is 0 Å². The number of thioether (sulfide) groups is 1. The maximum Gasteiger partial charge on any atom is 0.325 e. The fourth-order valence-electron chi connectivity index (χ4n) is 3.72. The van der Waals surface area contributed by atoms with Crippen LogP contribution in [0.25, 0.3) is 0 Å². The summed E-state index contributed by atoms with van der Waals surface area (Å²) in [4.78, 5) is 12.6. The number of hydrogen-bond donors (Lipinski definition) is 0. The van der Waals surface area contributed by atoms with Gasteiger partial charge in [0, 0.05) is 16.7 Å². The Morgan fingerprint density at radius 3 is 2.80 bits per heavy atom. The molecule has 1 saturated heterocycles. The van der Waals surface area contributed by atoms with Crippen LogP contribution in [0.2, 0.25) is 0 Å². The Morgan fingerprint density at radius 2 is 2.05 bits per heavy atom. The fraction of sp³-hybridized carbons (Fsp3) is 0.438. The van der Waals surface area contributed by atoms with Crippen molar-refractivity contribution in [3.63, 3.8) is 0 Å². The zero-order chi connectivity index (χ0) is 13.9. The molecule has 0 N–H and O–H groups in total. The van der Waals surface area contributed by atoms with Crippen LogP contribution in [0.3, 0.4) is 0 Å². The standard InChI is InChI=1S/C16H15ClO2S/c1-9-2-6-12(7-3-9)20-16-11-5-4-10(8-11)13(16)14(17)15(18)19-16/h2-7,10-11,13-14H,8H2,1H3/t10-,11+,13-,14+,16+/m0/s1. The highest BCUT2D eigenvalue weighted by molar-refractivity contribution is 8.00. The summed E-state index contributed by atoms with van der Waals surface area (Å²) in [7, 11) is 0. The lowest BCUT2D eigenvalue weighted by Gasteiger charge is -2.34. The predicted molar refractivity (Wildman–Crippen MR) is 79.7 cm³/mol. The molecule has 2 bridgehead atoms. The Bertz CT molecular complexity index is 595. The van der Waals surface area contributed by atoms with Crippen LogP contribution in [0.15, 0.2) is 41.3 Å². The van der Waals surface area contributed by atoms with Crippen LogP contribution in [0.5, 0.6) is 0 Å². The molecule has 0 amide bonds. The number of carbonyl (C=O) groups is 1. The number of aryl methyl sites for hydroxylation is 1. The number of carbonyl (C=O) groups excluding carboxylic acids is 1. The van der Waals surface area contributed by atoms with E-state index in [1.165, 1.54) is 5.56 Å². The SMILES string of the molecule is Cc1ccc(S[C@@]23OC(=O)[C@H](Cl)[C@@H]2[C@H]2C=C[C@@H]3C2)cc1. The average Bonchev–Trinajstić information content (AvgIpc) is 3.06. The highest BCUT2D eigenvalue weighted by Crippen LogP contribution is 2.64. The number of esters is 1. The Kier molecular flexibility index (Phi) is 2.74. The van der Waals surface area contributed by atoms with Crippen molar-refractivity contribution in [1.82, 2.24) is 0 Å². The summed E-state index contributed by atoms with van der Waals surface area (Å²) in [5.41, 5.74) is 1.23. The van der Waals surface area contributed by atoms with E-state index in [1.807, 2.05) is 0 Å². The monoisotopic (exact) mass is 306 g/mol. The molecule has 20 heavy (non-hydrogen) atoms. The molecule has 1 saturated carbocycles. The lowest BCUT2D eigenvalue weighted by Crippen LogP contribution is -2.37. The van der Waals surface area contributed by atoms with E-state index in [0.717, 1.165) is 11.3 Å². The maximum atomic E-state index is 12.0. The van der Waals surface area contributed by atoms with Gasteiger partial charge in [0.05, 0.1) is 0 Å². The summed E-state index contributed by atoms with van der Waals surface area (Å²) in [5.74, 6) is 0.510. The second-order valence-corrected chi connectivity index (χ2v) is 7.66. The molecule has 2 aliphatic carbocycles. The maximum absolute atomic E-state index is 12.0. The molecule has 104 valence electrons. The molecular formula is C16H15ClO2S. The van der Waals surface area contributed by atoms with E-state index in [4.69, 9.17) is 16.3 Å². The largest absolute Gasteiger partial charge is 0.445 e. The number of alkyl halides is 1. The second-order valence-electron chi connectivity index (χ2n) is 5.88. The molecule has 1 heterocycles. The van der Waals surface area contributed by atoms with Crippen LogP contribution in [0, 0.1) is 24.7 Å². The number of halogens is 1. The molecule has 3 aliphatic rings. The topological polar surface area (TPSA) is 26.3 Å². The summed E-state index contributed by atoms with van der Waals surface area (Å²) in [6, 6.07) is 8.37. The van der Waals surface area contributed by atoms with Crippen LogP contribution < -0.4 is 0 Å². The first-order chi connectivity index (χ1) is 9.60. The third-order valence-electron chi connectivity index (χ3n) is 4.66. The summed E-state index contributed by atoms with van der Waals surface area (Å²) in [6.45, 7) is 2.07. The fourth-order valence-corrected chi connectivity index (χ4v) is 5.75. The van der Waals surface area contributed by atoms with Crippen LogP contribution in [0.1, 0.15) is 12.0 Å². The van der Waals surface area contributed by atoms with E-state index < -0.39 is 10.3 Å². The third-order valence-corrected chi connectivity index (χ3v) is 6.59. The minimum atomic E-state index is -0.507. The molecule has 0 radical (unpaired) electrons. The van der Waals surface area contributed by atoms with Crippen molar-refractivity contribution >= 4 is 29.3 Å². The highest BCUT2D eigenvalue weighted by atomic mass is 35.5. The summed E-state index contributed by atoms with van der Waals surface area (Å²) < 4.78 is 5.79. The van der Waals surface area contributed by atoms with E-state index in [0.29, 0.717) is 5.92 Å². The molecular weight excluding hydrogens is 292 g/mol. The number of hydrogen-bond acceptors (Lipinski definition) is 3. The van der Waals surface area contributed by atoms with E-state index >= 15 is 0 Å². The number of ether oxygens (including phenoxy) is 1. The van der Waals surface area contributed by atoms with Crippen molar-refractivity contribution in [1.29, 1.82) is 0 Å². The molecule has 4 rings (SSSR count). The second kappa shape index (κ2) is 4.28. The van der Waals surface area contributed by atoms with Crippen molar-refractivity contribution in [3.8, 4) is 0 Å². The van der Waals surface area contributed by atoms with E-state index in [1.54, 1.807) is 11.8 Å². The third kappa shape index (κ3) is 1.63. The van der Waals surface area contributed by atoms with Gasteiger partial charge in [-0.3, -0.25) is 4.79 Å². The van der Waals surface area contributed by atoms with Crippen LogP contribution in [-0.4, -0.2) is 16.3 Å². The Labute approximate surface area is 127 Å². The van der Waals surface area contributed by atoms with Crippen LogP contribution in [-0.2, 0) is 9.53 Å². The molecule has 0 unspecified atom stereocenters. The Morgan fingerprint density at radius 1 is 1.30 bits per heavy atom.